The second kappa shape index (κ2) is 5.04. The summed E-state index contributed by atoms with van der Waals surface area (Å²) >= 11 is 0. The number of carbonyl (C=O) groups excluding carboxylic acids is 1. The first-order valence-electron chi connectivity index (χ1n) is 4.09. The Bertz CT molecular complexity index is 333. The number of nitrogens with one attached hydrogen (secondary N) is 1. The van der Waals surface area contributed by atoms with E-state index in [0.717, 1.165) is 5.56 Å². The molecule has 0 heterocycles. The molecule has 1 aromatic carbocycles. The van der Waals surface area contributed by atoms with Gasteiger partial charge in [0.05, 0.1) is 7.11 Å². The molecule has 14 heavy (non-hydrogen) atoms. The van der Waals surface area contributed by atoms with Gasteiger partial charge < -0.3 is 4.74 Å². The SMILES string of the molecule is CO/C(=C\c1ccccc1)C(=O)NN. The molecule has 0 saturated carbocycles. The lowest BCUT2D eigenvalue weighted by atomic mass is 10.2. The maximum atomic E-state index is 11.1. The Kier molecular flexibility index (Phi) is 3.69. The quantitative estimate of drug-likeness (QED) is 0.243. The molecule has 0 spiro atoms. The fourth-order valence-corrected chi connectivity index (χ4v) is 0.989. The fraction of sp³-hybridized carbons (Fsp3) is 0.100. The van der Waals surface area contributed by atoms with Gasteiger partial charge in [0.15, 0.2) is 5.76 Å². The highest BCUT2D eigenvalue weighted by atomic mass is 16.5. The highest BCUT2D eigenvalue weighted by molar-refractivity contribution is 5.95. The number of ether oxygens (including phenoxy) is 1. The Labute approximate surface area is 82.3 Å². The summed E-state index contributed by atoms with van der Waals surface area (Å²) in [5.74, 6) is 4.71. The molecule has 0 atom stereocenters. The average molecular weight is 192 g/mol. The van der Waals surface area contributed by atoms with Gasteiger partial charge >= 0.3 is 0 Å². The van der Waals surface area contributed by atoms with Crippen LogP contribution in [0.25, 0.3) is 6.08 Å². The summed E-state index contributed by atoms with van der Waals surface area (Å²) in [5.41, 5.74) is 2.89. The molecule has 4 nitrogen and oxygen atoms in total. The predicted octanol–water partition coefficient (Wildman–Crippen LogP) is 0.664. The number of methoxy groups -OCH3 is 1. The minimum absolute atomic E-state index is 0.179. The molecule has 1 amide bonds. The van der Waals surface area contributed by atoms with Gasteiger partial charge in [-0.1, -0.05) is 30.3 Å². The molecule has 0 unspecified atom stereocenters. The minimum Gasteiger partial charge on any atom is -0.491 e. The van der Waals surface area contributed by atoms with Crippen LogP contribution < -0.4 is 11.3 Å². The predicted molar refractivity (Wildman–Crippen MR) is 53.8 cm³/mol. The van der Waals surface area contributed by atoms with E-state index in [4.69, 9.17) is 10.6 Å². The Morgan fingerprint density at radius 1 is 1.43 bits per heavy atom. The van der Waals surface area contributed by atoms with Crippen molar-refractivity contribution in [2.75, 3.05) is 7.11 Å². The van der Waals surface area contributed by atoms with Gasteiger partial charge in [-0.3, -0.25) is 10.2 Å². The minimum atomic E-state index is -0.448. The van der Waals surface area contributed by atoms with Crippen LogP contribution in [-0.4, -0.2) is 13.0 Å². The lowest BCUT2D eigenvalue weighted by molar-refractivity contribution is -0.120. The first kappa shape index (κ1) is 10.3. The Hall–Kier alpha value is -1.81. The topological polar surface area (TPSA) is 64.3 Å². The van der Waals surface area contributed by atoms with Crippen molar-refractivity contribution < 1.29 is 9.53 Å². The van der Waals surface area contributed by atoms with Crippen molar-refractivity contribution in [2.45, 2.75) is 0 Å². The van der Waals surface area contributed by atoms with E-state index in [9.17, 15) is 4.79 Å². The monoisotopic (exact) mass is 192 g/mol. The normalized spacial score (nSPS) is 10.9. The molecular weight excluding hydrogens is 180 g/mol. The largest absolute Gasteiger partial charge is 0.491 e. The van der Waals surface area contributed by atoms with Crippen molar-refractivity contribution in [1.29, 1.82) is 0 Å². The molecular formula is C10H12N2O2. The average Bonchev–Trinajstić information content (AvgIpc) is 2.26. The first-order chi connectivity index (χ1) is 6.77. The second-order valence-corrected chi connectivity index (χ2v) is 2.60. The van der Waals surface area contributed by atoms with E-state index in [1.807, 2.05) is 35.8 Å². The summed E-state index contributed by atoms with van der Waals surface area (Å²) in [6, 6.07) is 9.37. The van der Waals surface area contributed by atoms with Crippen LogP contribution in [0.1, 0.15) is 5.56 Å². The van der Waals surface area contributed by atoms with Crippen LogP contribution in [0.2, 0.25) is 0 Å². The number of benzene rings is 1. The summed E-state index contributed by atoms with van der Waals surface area (Å²) in [5, 5.41) is 0. The molecule has 0 aliphatic rings. The highest BCUT2D eigenvalue weighted by Gasteiger charge is 2.06. The van der Waals surface area contributed by atoms with Gasteiger partial charge in [-0.15, -0.1) is 0 Å². The van der Waals surface area contributed by atoms with Crippen LogP contribution >= 0.6 is 0 Å². The molecule has 0 aliphatic heterocycles. The van der Waals surface area contributed by atoms with Crippen LogP contribution in [0, 0.1) is 0 Å². The zero-order valence-corrected chi connectivity index (χ0v) is 7.86. The lowest BCUT2D eigenvalue weighted by Crippen LogP contribution is -2.31. The summed E-state index contributed by atoms with van der Waals surface area (Å²) in [6.45, 7) is 0. The maximum absolute atomic E-state index is 11.1. The highest BCUT2D eigenvalue weighted by Crippen LogP contribution is 2.06. The van der Waals surface area contributed by atoms with E-state index in [2.05, 4.69) is 0 Å². The Morgan fingerprint density at radius 2 is 2.07 bits per heavy atom. The molecule has 0 fully saturated rings. The van der Waals surface area contributed by atoms with Crippen LogP contribution in [0.5, 0.6) is 0 Å². The van der Waals surface area contributed by atoms with Crippen molar-refractivity contribution in [3.8, 4) is 0 Å². The number of nitrogens with two attached hydrogens (primary N) is 1. The summed E-state index contributed by atoms with van der Waals surface area (Å²) < 4.78 is 4.88. The zero-order chi connectivity index (χ0) is 10.4. The van der Waals surface area contributed by atoms with Gasteiger partial charge in [-0.2, -0.15) is 0 Å². The Morgan fingerprint density at radius 3 is 2.57 bits per heavy atom. The molecule has 0 bridgehead atoms. The van der Waals surface area contributed by atoms with E-state index in [0.29, 0.717) is 0 Å². The summed E-state index contributed by atoms with van der Waals surface area (Å²) in [6.07, 6.45) is 1.61. The third-order valence-electron chi connectivity index (χ3n) is 1.67. The molecule has 0 aliphatic carbocycles. The molecule has 0 radical (unpaired) electrons. The van der Waals surface area contributed by atoms with Crippen LogP contribution in [-0.2, 0) is 9.53 Å². The van der Waals surface area contributed by atoms with Crippen molar-refractivity contribution >= 4 is 12.0 Å². The number of rotatable bonds is 3. The van der Waals surface area contributed by atoms with Crippen LogP contribution in [0.4, 0.5) is 0 Å². The van der Waals surface area contributed by atoms with Crippen LogP contribution in [0.15, 0.2) is 36.1 Å². The number of hydrogen-bond acceptors (Lipinski definition) is 3. The maximum Gasteiger partial charge on any atom is 0.300 e. The zero-order valence-electron chi connectivity index (χ0n) is 7.86. The molecule has 1 rings (SSSR count). The van der Waals surface area contributed by atoms with Gasteiger partial charge in [0.2, 0.25) is 0 Å². The lowest BCUT2D eigenvalue weighted by Gasteiger charge is -2.03. The van der Waals surface area contributed by atoms with Crippen molar-refractivity contribution in [3.63, 3.8) is 0 Å². The van der Waals surface area contributed by atoms with Crippen molar-refractivity contribution in [1.82, 2.24) is 5.43 Å². The van der Waals surface area contributed by atoms with Crippen molar-refractivity contribution in [3.05, 3.63) is 41.7 Å². The van der Waals surface area contributed by atoms with Gasteiger partial charge in [0.1, 0.15) is 0 Å². The van der Waals surface area contributed by atoms with Gasteiger partial charge in [-0.05, 0) is 11.6 Å². The number of hydrazine groups is 1. The number of hydrogen-bond donors (Lipinski definition) is 2. The molecule has 74 valence electrons. The van der Waals surface area contributed by atoms with E-state index >= 15 is 0 Å². The van der Waals surface area contributed by atoms with Gasteiger partial charge in [0, 0.05) is 0 Å². The molecule has 1 aromatic rings. The van der Waals surface area contributed by atoms with Gasteiger partial charge in [-0.25, -0.2) is 5.84 Å². The third kappa shape index (κ3) is 2.60. The molecule has 4 heteroatoms. The van der Waals surface area contributed by atoms with Crippen LogP contribution in [0.3, 0.4) is 0 Å². The number of carbonyl (C=O) groups is 1. The van der Waals surface area contributed by atoms with E-state index in [1.165, 1.54) is 7.11 Å². The smallest absolute Gasteiger partial charge is 0.300 e. The number of amides is 1. The fourth-order valence-electron chi connectivity index (χ4n) is 0.989. The van der Waals surface area contributed by atoms with E-state index < -0.39 is 5.91 Å². The second-order valence-electron chi connectivity index (χ2n) is 2.60. The summed E-state index contributed by atoms with van der Waals surface area (Å²) in [4.78, 5) is 11.1. The Balaban J connectivity index is 2.89. The molecule has 0 aromatic heterocycles. The molecule has 3 N–H and O–H groups in total. The van der Waals surface area contributed by atoms with E-state index in [-0.39, 0.29) is 5.76 Å². The molecule has 0 saturated heterocycles. The van der Waals surface area contributed by atoms with E-state index in [1.54, 1.807) is 6.08 Å². The van der Waals surface area contributed by atoms with Crippen molar-refractivity contribution in [2.24, 2.45) is 5.84 Å². The summed E-state index contributed by atoms with van der Waals surface area (Å²) in [7, 11) is 1.42. The first-order valence-corrected chi connectivity index (χ1v) is 4.09. The standard InChI is InChI=1S/C10H12N2O2/c1-14-9(10(13)12-11)7-8-5-3-2-4-6-8/h2-7H,11H2,1H3,(H,12,13)/b9-7-. The van der Waals surface area contributed by atoms with Gasteiger partial charge in [0.25, 0.3) is 5.91 Å². The third-order valence-corrected chi connectivity index (χ3v) is 1.67.